The van der Waals surface area contributed by atoms with E-state index in [1.54, 1.807) is 18.4 Å². The van der Waals surface area contributed by atoms with Crippen molar-refractivity contribution in [3.8, 4) is 0 Å². The fourth-order valence-electron chi connectivity index (χ4n) is 2.20. The van der Waals surface area contributed by atoms with Gasteiger partial charge in [-0.1, -0.05) is 20.8 Å². The number of hydrogen-bond acceptors (Lipinski definition) is 4. The Balaban J connectivity index is 1.94. The Morgan fingerprint density at radius 1 is 1.35 bits per heavy atom. The molecule has 0 bridgehead atoms. The lowest BCUT2D eigenvalue weighted by molar-refractivity contribution is -0.148. The van der Waals surface area contributed by atoms with Crippen molar-refractivity contribution >= 4 is 23.2 Å². The number of rotatable bonds is 3. The molecule has 0 aliphatic carbocycles. The maximum absolute atomic E-state index is 12.0. The molecule has 20 heavy (non-hydrogen) atoms. The van der Waals surface area contributed by atoms with Gasteiger partial charge in [0.15, 0.2) is 0 Å². The molecule has 1 fully saturated rings. The second-order valence-electron chi connectivity index (χ2n) is 6.28. The molecule has 1 N–H and O–H groups in total. The third kappa shape index (κ3) is 3.27. The maximum Gasteiger partial charge on any atom is 0.246 e. The summed E-state index contributed by atoms with van der Waals surface area (Å²) in [7, 11) is 1.56. The zero-order chi connectivity index (χ0) is 14.9. The Hall–Kier alpha value is -1.20. The van der Waals surface area contributed by atoms with E-state index in [0.29, 0.717) is 19.4 Å². The highest BCUT2D eigenvalue weighted by Crippen LogP contribution is 2.29. The van der Waals surface area contributed by atoms with Gasteiger partial charge in [0.05, 0.1) is 6.04 Å². The molecule has 2 amide bonds. The molecule has 1 aliphatic rings. The van der Waals surface area contributed by atoms with Gasteiger partial charge in [-0.3, -0.25) is 14.5 Å². The number of nitrogens with zero attached hydrogens (tertiary/aromatic N) is 1. The molecule has 1 saturated heterocycles. The highest BCUT2D eigenvalue weighted by molar-refractivity contribution is 7.12. The number of hydrogen-bond donors (Lipinski definition) is 1. The minimum absolute atomic E-state index is 0.0841. The molecule has 1 aliphatic heterocycles. The van der Waals surface area contributed by atoms with Crippen LogP contribution in [-0.4, -0.2) is 29.8 Å². The molecule has 5 heteroatoms. The van der Waals surface area contributed by atoms with E-state index in [2.05, 4.69) is 38.2 Å². The smallest absolute Gasteiger partial charge is 0.246 e. The number of nitrogens with one attached hydrogen (secondary N) is 1. The minimum Gasteiger partial charge on any atom is -0.301 e. The topological polar surface area (TPSA) is 49.4 Å². The second-order valence-corrected chi connectivity index (χ2v) is 7.45. The predicted octanol–water partition coefficient (Wildman–Crippen LogP) is 2.28. The van der Waals surface area contributed by atoms with Gasteiger partial charge < -0.3 is 5.32 Å². The van der Waals surface area contributed by atoms with E-state index in [4.69, 9.17) is 0 Å². The summed E-state index contributed by atoms with van der Waals surface area (Å²) in [5, 5.41) is 3.27. The van der Waals surface area contributed by atoms with E-state index in [0.717, 1.165) is 0 Å². The van der Waals surface area contributed by atoms with Crippen LogP contribution in [0.4, 0.5) is 0 Å². The molecule has 0 radical (unpaired) electrons. The fraction of sp³-hybridized carbons (Fsp3) is 0.600. The lowest BCUT2D eigenvalue weighted by Gasteiger charge is -2.28. The van der Waals surface area contributed by atoms with Gasteiger partial charge >= 0.3 is 0 Å². The number of carbonyl (C=O) groups is 2. The first-order valence-corrected chi connectivity index (χ1v) is 7.73. The molecular weight excluding hydrogens is 272 g/mol. The van der Waals surface area contributed by atoms with E-state index < -0.39 is 0 Å². The van der Waals surface area contributed by atoms with Crippen LogP contribution >= 0.6 is 11.3 Å². The Kier molecular flexibility index (Phi) is 4.30. The summed E-state index contributed by atoms with van der Waals surface area (Å²) in [6.45, 7) is 7.27. The summed E-state index contributed by atoms with van der Waals surface area (Å²) in [6.07, 6.45) is 1.04. The van der Waals surface area contributed by atoms with E-state index in [1.807, 2.05) is 0 Å². The lowest BCUT2D eigenvalue weighted by Crippen LogP contribution is -2.51. The first-order chi connectivity index (χ1) is 9.29. The average molecular weight is 294 g/mol. The maximum atomic E-state index is 12.0. The molecule has 4 nitrogen and oxygen atoms in total. The monoisotopic (exact) mass is 294 g/mol. The summed E-state index contributed by atoms with van der Waals surface area (Å²) in [5.74, 6) is -0.201. The van der Waals surface area contributed by atoms with Crippen molar-refractivity contribution in [3.63, 3.8) is 0 Å². The molecule has 0 spiro atoms. The molecule has 1 aromatic heterocycles. The summed E-state index contributed by atoms with van der Waals surface area (Å²) in [6, 6.07) is 4.03. The zero-order valence-electron chi connectivity index (χ0n) is 12.5. The summed E-state index contributed by atoms with van der Waals surface area (Å²) in [4.78, 5) is 27.2. The predicted molar refractivity (Wildman–Crippen MR) is 80.7 cm³/mol. The SMILES string of the molecule is CN1C(=O)CCC(NCc2ccc(C(C)(C)C)s2)C1=O. The number of likely N-dealkylation sites (tertiary alicyclic amines) is 1. The van der Waals surface area contributed by atoms with Gasteiger partial charge in [0, 0.05) is 29.8 Å². The van der Waals surface area contributed by atoms with Crippen LogP contribution in [0.3, 0.4) is 0 Å². The highest BCUT2D eigenvalue weighted by Gasteiger charge is 2.31. The Labute approximate surface area is 124 Å². The molecule has 0 aromatic carbocycles. The number of thiophene rings is 1. The molecule has 110 valence electrons. The van der Waals surface area contributed by atoms with Crippen LogP contribution in [0, 0.1) is 0 Å². The van der Waals surface area contributed by atoms with Crippen molar-refractivity contribution in [2.24, 2.45) is 0 Å². The van der Waals surface area contributed by atoms with Gasteiger partial charge in [0.25, 0.3) is 0 Å². The standard InChI is InChI=1S/C15H22N2O2S/c1-15(2,3)12-7-5-10(20-12)9-16-11-6-8-13(18)17(4)14(11)19/h5,7,11,16H,6,8-9H2,1-4H3. The van der Waals surface area contributed by atoms with Crippen molar-refractivity contribution in [2.75, 3.05) is 7.05 Å². The molecule has 1 unspecified atom stereocenters. The largest absolute Gasteiger partial charge is 0.301 e. The van der Waals surface area contributed by atoms with Gasteiger partial charge in [-0.2, -0.15) is 0 Å². The summed E-state index contributed by atoms with van der Waals surface area (Å²) >= 11 is 1.78. The number of imide groups is 1. The van der Waals surface area contributed by atoms with Crippen molar-refractivity contribution in [2.45, 2.75) is 51.6 Å². The first kappa shape index (κ1) is 15.2. The van der Waals surface area contributed by atoms with E-state index in [1.165, 1.54) is 14.7 Å². The molecule has 1 atom stereocenters. The van der Waals surface area contributed by atoms with E-state index >= 15 is 0 Å². The highest BCUT2D eigenvalue weighted by atomic mass is 32.1. The zero-order valence-corrected chi connectivity index (χ0v) is 13.3. The lowest BCUT2D eigenvalue weighted by atomic mass is 9.95. The quantitative estimate of drug-likeness (QED) is 0.870. The van der Waals surface area contributed by atoms with Gasteiger partial charge in [-0.25, -0.2) is 0 Å². The van der Waals surface area contributed by atoms with Crippen LogP contribution in [-0.2, 0) is 21.5 Å². The first-order valence-electron chi connectivity index (χ1n) is 6.92. The molecule has 0 saturated carbocycles. The van der Waals surface area contributed by atoms with Crippen LogP contribution in [0.5, 0.6) is 0 Å². The van der Waals surface area contributed by atoms with Gasteiger partial charge in [0.1, 0.15) is 0 Å². The Morgan fingerprint density at radius 3 is 2.65 bits per heavy atom. The van der Waals surface area contributed by atoms with Crippen molar-refractivity contribution in [1.82, 2.24) is 10.2 Å². The van der Waals surface area contributed by atoms with Crippen molar-refractivity contribution < 1.29 is 9.59 Å². The van der Waals surface area contributed by atoms with E-state index in [-0.39, 0.29) is 23.3 Å². The number of amides is 2. The van der Waals surface area contributed by atoms with Crippen LogP contribution in [0.15, 0.2) is 12.1 Å². The average Bonchev–Trinajstić information content (AvgIpc) is 2.84. The summed E-state index contributed by atoms with van der Waals surface area (Å²) < 4.78 is 0. The van der Waals surface area contributed by atoms with Crippen LogP contribution < -0.4 is 5.32 Å². The Morgan fingerprint density at radius 2 is 2.05 bits per heavy atom. The van der Waals surface area contributed by atoms with Crippen LogP contribution in [0.2, 0.25) is 0 Å². The van der Waals surface area contributed by atoms with Gasteiger partial charge in [-0.15, -0.1) is 11.3 Å². The van der Waals surface area contributed by atoms with Crippen LogP contribution in [0.25, 0.3) is 0 Å². The van der Waals surface area contributed by atoms with Crippen LogP contribution in [0.1, 0.15) is 43.4 Å². The van der Waals surface area contributed by atoms with Crippen molar-refractivity contribution in [3.05, 3.63) is 21.9 Å². The normalized spacial score (nSPS) is 20.6. The summed E-state index contributed by atoms with van der Waals surface area (Å²) in [5.41, 5.74) is 0.163. The minimum atomic E-state index is -0.238. The molecule has 2 heterocycles. The fourth-order valence-corrected chi connectivity index (χ4v) is 3.22. The second kappa shape index (κ2) is 5.66. The van der Waals surface area contributed by atoms with Gasteiger partial charge in [0.2, 0.25) is 11.8 Å². The molecule has 1 aromatic rings. The third-order valence-electron chi connectivity index (χ3n) is 3.57. The number of piperidine rings is 1. The molecular formula is C15H22N2O2S. The number of carbonyl (C=O) groups excluding carboxylic acids is 2. The van der Waals surface area contributed by atoms with Gasteiger partial charge in [-0.05, 0) is 24.0 Å². The Bertz CT molecular complexity index is 516. The van der Waals surface area contributed by atoms with E-state index in [9.17, 15) is 9.59 Å². The molecule has 2 rings (SSSR count). The van der Waals surface area contributed by atoms with Crippen molar-refractivity contribution in [1.29, 1.82) is 0 Å². The third-order valence-corrected chi connectivity index (χ3v) is 5.08. The number of likely N-dealkylation sites (N-methyl/N-ethyl adjacent to an activating group) is 1.